The number of amides is 1. The van der Waals surface area contributed by atoms with Crippen LogP contribution in [0.2, 0.25) is 5.02 Å². The highest BCUT2D eigenvalue weighted by molar-refractivity contribution is 7.89. The molecule has 0 spiro atoms. The van der Waals surface area contributed by atoms with Crippen LogP contribution in [0.4, 0.5) is 0 Å². The van der Waals surface area contributed by atoms with Crippen molar-refractivity contribution in [1.82, 2.24) is 9.62 Å². The van der Waals surface area contributed by atoms with Gasteiger partial charge in [-0.25, -0.2) is 8.42 Å². The van der Waals surface area contributed by atoms with Gasteiger partial charge in [-0.3, -0.25) is 4.79 Å². The van der Waals surface area contributed by atoms with E-state index < -0.39 is 10.0 Å². The quantitative estimate of drug-likeness (QED) is 0.776. The highest BCUT2D eigenvalue weighted by atomic mass is 35.5. The smallest absolute Gasteiger partial charge is 0.251 e. The lowest BCUT2D eigenvalue weighted by Gasteiger charge is -2.34. The van der Waals surface area contributed by atoms with Crippen molar-refractivity contribution in [3.63, 3.8) is 0 Å². The van der Waals surface area contributed by atoms with Gasteiger partial charge < -0.3 is 10.1 Å². The van der Waals surface area contributed by atoms with E-state index in [1.54, 1.807) is 24.3 Å². The number of nitrogens with one attached hydrogen (secondary N) is 1. The molecule has 2 aromatic carbocycles. The number of sulfonamides is 1. The Bertz CT molecular complexity index is 986. The average molecular weight is 437 g/mol. The van der Waals surface area contributed by atoms with Crippen molar-refractivity contribution in [3.05, 3.63) is 64.7 Å². The number of morpholine rings is 1. The standard InChI is InChI=1S/C21H25ClN2O4S/c1-14-12-24(13-15(2)28-14)29(26,27)20-9-5-7-18(11-20)21(25)23-16(3)17-6-4-8-19(22)10-17/h4-11,14-16H,12-13H2,1-3H3,(H,23,25). The molecule has 0 radical (unpaired) electrons. The van der Waals surface area contributed by atoms with Gasteiger partial charge in [0.1, 0.15) is 0 Å². The predicted molar refractivity (Wildman–Crippen MR) is 113 cm³/mol. The molecule has 1 fully saturated rings. The fraction of sp³-hybridized carbons (Fsp3) is 0.381. The maximum absolute atomic E-state index is 13.1. The Balaban J connectivity index is 1.79. The van der Waals surface area contributed by atoms with E-state index in [0.29, 0.717) is 5.02 Å². The first-order chi connectivity index (χ1) is 13.7. The van der Waals surface area contributed by atoms with E-state index in [2.05, 4.69) is 5.32 Å². The Hall–Kier alpha value is -1.93. The molecule has 1 aliphatic heterocycles. The van der Waals surface area contributed by atoms with Gasteiger partial charge in [0.15, 0.2) is 0 Å². The van der Waals surface area contributed by atoms with Crippen molar-refractivity contribution >= 4 is 27.5 Å². The minimum Gasteiger partial charge on any atom is -0.373 e. The van der Waals surface area contributed by atoms with Crippen LogP contribution in [0.5, 0.6) is 0 Å². The molecule has 1 saturated heterocycles. The fourth-order valence-corrected chi connectivity index (χ4v) is 5.25. The SMILES string of the molecule is CC1CN(S(=O)(=O)c2cccc(C(=O)NC(C)c3cccc(Cl)c3)c2)CC(C)O1. The van der Waals surface area contributed by atoms with Crippen molar-refractivity contribution in [2.75, 3.05) is 13.1 Å². The molecule has 1 aliphatic rings. The summed E-state index contributed by atoms with van der Waals surface area (Å²) in [4.78, 5) is 12.8. The van der Waals surface area contributed by atoms with Crippen molar-refractivity contribution in [2.45, 2.75) is 43.9 Å². The Morgan fingerprint density at radius 1 is 1.14 bits per heavy atom. The summed E-state index contributed by atoms with van der Waals surface area (Å²) in [6, 6.07) is 13.1. The minimum atomic E-state index is -3.71. The monoisotopic (exact) mass is 436 g/mol. The third-order valence-corrected chi connectivity index (χ3v) is 6.88. The highest BCUT2D eigenvalue weighted by Gasteiger charge is 2.32. The summed E-state index contributed by atoms with van der Waals surface area (Å²) in [7, 11) is -3.71. The first kappa shape index (κ1) is 21.8. The van der Waals surface area contributed by atoms with Crippen LogP contribution in [0.25, 0.3) is 0 Å². The van der Waals surface area contributed by atoms with Gasteiger partial charge in [0.2, 0.25) is 10.0 Å². The van der Waals surface area contributed by atoms with Crippen molar-refractivity contribution in [3.8, 4) is 0 Å². The van der Waals surface area contributed by atoms with Crippen molar-refractivity contribution < 1.29 is 17.9 Å². The molecule has 3 unspecified atom stereocenters. The van der Waals surface area contributed by atoms with Gasteiger partial charge in [-0.05, 0) is 56.7 Å². The number of hydrogen-bond acceptors (Lipinski definition) is 4. The van der Waals surface area contributed by atoms with Crippen LogP contribution in [0, 0.1) is 0 Å². The summed E-state index contributed by atoms with van der Waals surface area (Å²) in [6.07, 6.45) is -0.364. The van der Waals surface area contributed by atoms with Gasteiger partial charge in [-0.2, -0.15) is 4.31 Å². The predicted octanol–water partition coefficient (Wildman–Crippen LogP) is 3.63. The lowest BCUT2D eigenvalue weighted by molar-refractivity contribution is -0.0440. The van der Waals surface area contributed by atoms with E-state index in [1.165, 1.54) is 16.4 Å². The second-order valence-electron chi connectivity index (χ2n) is 7.36. The summed E-state index contributed by atoms with van der Waals surface area (Å²) in [5, 5.41) is 3.47. The number of carbonyl (C=O) groups is 1. The molecule has 3 atom stereocenters. The van der Waals surface area contributed by atoms with E-state index in [-0.39, 0.29) is 47.7 Å². The number of rotatable bonds is 5. The number of carbonyl (C=O) groups excluding carboxylic acids is 1. The number of halogens is 1. The zero-order valence-corrected chi connectivity index (χ0v) is 18.2. The van der Waals surface area contributed by atoms with Crippen LogP contribution < -0.4 is 5.32 Å². The molecule has 1 amide bonds. The second-order valence-corrected chi connectivity index (χ2v) is 9.73. The molecule has 0 aromatic heterocycles. The number of ether oxygens (including phenoxy) is 1. The summed E-state index contributed by atoms with van der Waals surface area (Å²) in [6.45, 7) is 6.11. The normalized spacial score (nSPS) is 21.5. The van der Waals surface area contributed by atoms with Gasteiger partial charge in [0, 0.05) is 23.7 Å². The van der Waals surface area contributed by atoms with E-state index >= 15 is 0 Å². The molecule has 6 nitrogen and oxygen atoms in total. The third-order valence-electron chi connectivity index (χ3n) is 4.82. The molecule has 1 N–H and O–H groups in total. The van der Waals surface area contributed by atoms with Crippen LogP contribution in [0.3, 0.4) is 0 Å². The Morgan fingerprint density at radius 3 is 2.45 bits per heavy atom. The molecular formula is C21H25ClN2O4S. The molecule has 0 bridgehead atoms. The Labute approximate surface area is 176 Å². The van der Waals surface area contributed by atoms with Crippen molar-refractivity contribution in [2.24, 2.45) is 0 Å². The second kappa shape index (κ2) is 8.83. The number of benzene rings is 2. The Kier molecular flexibility index (Phi) is 6.63. The van der Waals surface area contributed by atoms with Gasteiger partial charge >= 0.3 is 0 Å². The summed E-state index contributed by atoms with van der Waals surface area (Å²) < 4.78 is 33.2. The van der Waals surface area contributed by atoms with Gasteiger partial charge in [-0.15, -0.1) is 0 Å². The van der Waals surface area contributed by atoms with E-state index in [9.17, 15) is 13.2 Å². The summed E-state index contributed by atoms with van der Waals surface area (Å²) in [5.41, 5.74) is 1.15. The van der Waals surface area contributed by atoms with Crippen LogP contribution in [-0.4, -0.2) is 43.9 Å². The molecule has 0 aliphatic carbocycles. The topological polar surface area (TPSA) is 75.7 Å². The van der Waals surface area contributed by atoms with Crippen LogP contribution in [0.15, 0.2) is 53.4 Å². The first-order valence-electron chi connectivity index (χ1n) is 9.49. The van der Waals surface area contributed by atoms with Crippen LogP contribution in [-0.2, 0) is 14.8 Å². The Morgan fingerprint density at radius 2 is 1.79 bits per heavy atom. The van der Waals surface area contributed by atoms with Crippen molar-refractivity contribution in [1.29, 1.82) is 0 Å². The maximum Gasteiger partial charge on any atom is 0.251 e. The molecule has 3 rings (SSSR count). The molecule has 1 heterocycles. The lowest BCUT2D eigenvalue weighted by Crippen LogP contribution is -2.48. The number of nitrogens with zero attached hydrogens (tertiary/aromatic N) is 1. The largest absolute Gasteiger partial charge is 0.373 e. The molecule has 29 heavy (non-hydrogen) atoms. The zero-order chi connectivity index (χ0) is 21.2. The number of hydrogen-bond donors (Lipinski definition) is 1. The van der Waals surface area contributed by atoms with E-state index in [0.717, 1.165) is 5.56 Å². The van der Waals surface area contributed by atoms with Crippen LogP contribution >= 0.6 is 11.6 Å². The van der Waals surface area contributed by atoms with Gasteiger partial charge in [0.25, 0.3) is 5.91 Å². The highest BCUT2D eigenvalue weighted by Crippen LogP contribution is 2.23. The van der Waals surface area contributed by atoms with Gasteiger partial charge in [-0.1, -0.05) is 29.8 Å². The summed E-state index contributed by atoms with van der Waals surface area (Å²) >= 11 is 6.01. The minimum absolute atomic E-state index is 0.0989. The van der Waals surface area contributed by atoms with E-state index in [4.69, 9.17) is 16.3 Å². The summed E-state index contributed by atoms with van der Waals surface area (Å²) in [5.74, 6) is -0.349. The fourth-order valence-electron chi connectivity index (χ4n) is 3.41. The van der Waals surface area contributed by atoms with E-state index in [1.807, 2.05) is 32.9 Å². The lowest BCUT2D eigenvalue weighted by atomic mass is 10.1. The van der Waals surface area contributed by atoms with Crippen LogP contribution in [0.1, 0.15) is 42.7 Å². The third kappa shape index (κ3) is 5.17. The molecular weight excluding hydrogens is 412 g/mol. The van der Waals surface area contributed by atoms with Gasteiger partial charge in [0.05, 0.1) is 23.1 Å². The molecule has 0 saturated carbocycles. The molecule has 156 valence electrons. The molecule has 8 heteroatoms. The first-order valence-corrected chi connectivity index (χ1v) is 11.3. The maximum atomic E-state index is 13.1. The zero-order valence-electron chi connectivity index (χ0n) is 16.6. The molecule has 2 aromatic rings. The average Bonchev–Trinajstić information content (AvgIpc) is 2.67.